The van der Waals surface area contributed by atoms with E-state index in [0.717, 1.165) is 17.1 Å². The molecule has 0 aromatic heterocycles. The molecular formula is C17H19BrO3. The van der Waals surface area contributed by atoms with Gasteiger partial charge < -0.3 is 14.2 Å². The van der Waals surface area contributed by atoms with Crippen LogP contribution in [0.25, 0.3) is 0 Å². The Morgan fingerprint density at radius 2 is 1.52 bits per heavy atom. The molecule has 1 atom stereocenters. The van der Waals surface area contributed by atoms with Crippen molar-refractivity contribution >= 4 is 15.9 Å². The summed E-state index contributed by atoms with van der Waals surface area (Å²) >= 11 is 3.56. The van der Waals surface area contributed by atoms with Crippen molar-refractivity contribution in [3.63, 3.8) is 0 Å². The highest BCUT2D eigenvalue weighted by atomic mass is 79.9. The predicted octanol–water partition coefficient (Wildman–Crippen LogP) is 4.71. The number of rotatable bonds is 6. The predicted molar refractivity (Wildman–Crippen MR) is 87.0 cm³/mol. The highest BCUT2D eigenvalue weighted by Gasteiger charge is 2.37. The zero-order chi connectivity index (χ0) is 15.3. The molecule has 0 saturated heterocycles. The fourth-order valence-electron chi connectivity index (χ4n) is 2.27. The highest BCUT2D eigenvalue weighted by molar-refractivity contribution is 9.09. The molecular weight excluding hydrogens is 332 g/mol. The lowest BCUT2D eigenvalue weighted by Gasteiger charge is -2.34. The van der Waals surface area contributed by atoms with E-state index in [1.165, 1.54) is 0 Å². The third-order valence-electron chi connectivity index (χ3n) is 3.35. The Labute approximate surface area is 134 Å². The third kappa shape index (κ3) is 3.46. The lowest BCUT2D eigenvalue weighted by Crippen LogP contribution is -2.38. The topological polar surface area (TPSA) is 27.7 Å². The van der Waals surface area contributed by atoms with E-state index >= 15 is 0 Å². The summed E-state index contributed by atoms with van der Waals surface area (Å²) in [4.78, 5) is -0.0213. The van der Waals surface area contributed by atoms with Crippen molar-refractivity contribution in [2.24, 2.45) is 0 Å². The molecule has 112 valence electrons. The minimum Gasteiger partial charge on any atom is -0.457 e. The van der Waals surface area contributed by atoms with Gasteiger partial charge in [0.25, 0.3) is 0 Å². The molecule has 2 aromatic carbocycles. The maximum atomic E-state index is 5.86. The number of para-hydroxylation sites is 1. The molecule has 0 saturated carbocycles. The molecule has 0 radical (unpaired) electrons. The summed E-state index contributed by atoms with van der Waals surface area (Å²) in [7, 11) is 3.26. The Bertz CT molecular complexity index is 565. The number of hydrogen-bond donors (Lipinski definition) is 0. The monoisotopic (exact) mass is 350 g/mol. The molecule has 2 rings (SSSR count). The second kappa shape index (κ2) is 7.07. The van der Waals surface area contributed by atoms with Crippen LogP contribution in [0.4, 0.5) is 0 Å². The van der Waals surface area contributed by atoms with Crippen LogP contribution in [0, 0.1) is 0 Å². The SMILES string of the molecule is COC(OC)(c1cccc(Oc2ccccc2)c1)C(C)Br. The van der Waals surface area contributed by atoms with Gasteiger partial charge in [-0.15, -0.1) is 0 Å². The number of ether oxygens (including phenoxy) is 3. The molecule has 0 bridgehead atoms. The van der Waals surface area contributed by atoms with Crippen LogP contribution >= 0.6 is 15.9 Å². The molecule has 1 unspecified atom stereocenters. The largest absolute Gasteiger partial charge is 0.457 e. The number of methoxy groups -OCH3 is 2. The Morgan fingerprint density at radius 3 is 2.10 bits per heavy atom. The first kappa shape index (κ1) is 16.0. The molecule has 2 aromatic rings. The zero-order valence-electron chi connectivity index (χ0n) is 12.4. The summed E-state index contributed by atoms with van der Waals surface area (Å²) < 4.78 is 17.1. The summed E-state index contributed by atoms with van der Waals surface area (Å²) in [6.07, 6.45) is 0. The summed E-state index contributed by atoms with van der Waals surface area (Å²) in [6, 6.07) is 17.4. The van der Waals surface area contributed by atoms with Crippen LogP contribution < -0.4 is 4.74 Å². The van der Waals surface area contributed by atoms with Gasteiger partial charge in [0.1, 0.15) is 11.5 Å². The lowest BCUT2D eigenvalue weighted by atomic mass is 10.0. The van der Waals surface area contributed by atoms with E-state index in [2.05, 4.69) is 15.9 Å². The summed E-state index contributed by atoms with van der Waals surface area (Å²) in [6.45, 7) is 1.98. The number of alkyl halides is 1. The van der Waals surface area contributed by atoms with Gasteiger partial charge in [0.2, 0.25) is 5.79 Å². The fourth-order valence-corrected chi connectivity index (χ4v) is 2.91. The first-order chi connectivity index (χ1) is 10.1. The summed E-state index contributed by atoms with van der Waals surface area (Å²) in [5.74, 6) is 0.683. The van der Waals surface area contributed by atoms with Crippen molar-refractivity contribution in [2.45, 2.75) is 17.5 Å². The zero-order valence-corrected chi connectivity index (χ0v) is 14.0. The van der Waals surface area contributed by atoms with Crippen molar-refractivity contribution in [1.29, 1.82) is 0 Å². The molecule has 0 fully saturated rings. The van der Waals surface area contributed by atoms with Crippen molar-refractivity contribution in [1.82, 2.24) is 0 Å². The van der Waals surface area contributed by atoms with Gasteiger partial charge in [0.15, 0.2) is 0 Å². The molecule has 0 N–H and O–H groups in total. The maximum absolute atomic E-state index is 5.86. The van der Waals surface area contributed by atoms with Crippen LogP contribution in [0.3, 0.4) is 0 Å². The fraction of sp³-hybridized carbons (Fsp3) is 0.294. The standard InChI is InChI=1S/C17H19BrO3/c1-13(18)17(19-2,20-3)14-8-7-11-16(12-14)21-15-9-5-4-6-10-15/h4-13H,1-3H3. The molecule has 0 aliphatic heterocycles. The van der Waals surface area contributed by atoms with Gasteiger partial charge in [-0.2, -0.15) is 0 Å². The van der Waals surface area contributed by atoms with E-state index in [1.807, 2.05) is 61.5 Å². The van der Waals surface area contributed by atoms with Crippen LogP contribution in [0.5, 0.6) is 11.5 Å². The Morgan fingerprint density at radius 1 is 0.905 bits per heavy atom. The van der Waals surface area contributed by atoms with E-state index in [4.69, 9.17) is 14.2 Å². The van der Waals surface area contributed by atoms with Crippen molar-refractivity contribution < 1.29 is 14.2 Å². The minimum atomic E-state index is -0.851. The molecule has 0 heterocycles. The second-order valence-corrected chi connectivity index (χ2v) is 6.01. The normalized spacial score (nSPS) is 13.0. The smallest absolute Gasteiger partial charge is 0.207 e. The number of hydrogen-bond acceptors (Lipinski definition) is 3. The van der Waals surface area contributed by atoms with Crippen LogP contribution in [0.15, 0.2) is 54.6 Å². The van der Waals surface area contributed by atoms with Crippen LogP contribution in [0.2, 0.25) is 0 Å². The first-order valence-electron chi connectivity index (χ1n) is 6.70. The van der Waals surface area contributed by atoms with Crippen LogP contribution in [0.1, 0.15) is 12.5 Å². The van der Waals surface area contributed by atoms with Crippen molar-refractivity contribution in [3.8, 4) is 11.5 Å². The quantitative estimate of drug-likeness (QED) is 0.557. The van der Waals surface area contributed by atoms with Gasteiger partial charge in [-0.25, -0.2) is 0 Å². The van der Waals surface area contributed by atoms with Gasteiger partial charge in [-0.3, -0.25) is 0 Å². The van der Waals surface area contributed by atoms with E-state index in [0.29, 0.717) is 0 Å². The van der Waals surface area contributed by atoms with Gasteiger partial charge in [0, 0.05) is 19.8 Å². The molecule has 0 spiro atoms. The summed E-state index contributed by atoms with van der Waals surface area (Å²) in [5.41, 5.74) is 0.894. The van der Waals surface area contributed by atoms with Gasteiger partial charge >= 0.3 is 0 Å². The van der Waals surface area contributed by atoms with E-state index in [1.54, 1.807) is 14.2 Å². The Kier molecular flexibility index (Phi) is 5.39. The maximum Gasteiger partial charge on any atom is 0.207 e. The van der Waals surface area contributed by atoms with Gasteiger partial charge in [-0.1, -0.05) is 46.3 Å². The van der Waals surface area contributed by atoms with Gasteiger partial charge in [0.05, 0.1) is 4.83 Å². The first-order valence-corrected chi connectivity index (χ1v) is 7.61. The molecule has 0 aliphatic carbocycles. The van der Waals surface area contributed by atoms with Crippen LogP contribution in [-0.4, -0.2) is 19.0 Å². The van der Waals surface area contributed by atoms with E-state index in [9.17, 15) is 0 Å². The highest BCUT2D eigenvalue weighted by Crippen LogP contribution is 2.36. The molecule has 3 nitrogen and oxygen atoms in total. The molecule has 21 heavy (non-hydrogen) atoms. The molecule has 0 amide bonds. The average molecular weight is 351 g/mol. The minimum absolute atomic E-state index is 0.0213. The Hall–Kier alpha value is -1.36. The summed E-state index contributed by atoms with van der Waals surface area (Å²) in [5, 5.41) is 0. The van der Waals surface area contributed by atoms with E-state index < -0.39 is 5.79 Å². The second-order valence-electron chi connectivity index (χ2n) is 4.63. The van der Waals surface area contributed by atoms with Crippen molar-refractivity contribution in [3.05, 3.63) is 60.2 Å². The van der Waals surface area contributed by atoms with E-state index in [-0.39, 0.29) is 4.83 Å². The number of halogens is 1. The molecule has 0 aliphatic rings. The van der Waals surface area contributed by atoms with Gasteiger partial charge in [-0.05, 0) is 31.2 Å². The van der Waals surface area contributed by atoms with Crippen LogP contribution in [-0.2, 0) is 15.3 Å². The Balaban J connectivity index is 2.32. The third-order valence-corrected chi connectivity index (χ3v) is 3.95. The number of benzene rings is 2. The molecule has 4 heteroatoms. The lowest BCUT2D eigenvalue weighted by molar-refractivity contribution is -0.212. The van der Waals surface area contributed by atoms with Crippen molar-refractivity contribution in [2.75, 3.05) is 14.2 Å². The average Bonchev–Trinajstić information content (AvgIpc) is 2.50.